The second-order valence-electron chi connectivity index (χ2n) is 8.82. The predicted molar refractivity (Wildman–Crippen MR) is 110 cm³/mol. The van der Waals surface area contributed by atoms with Gasteiger partial charge in [-0.1, -0.05) is 28.1 Å². The maximum absolute atomic E-state index is 12.9. The van der Waals surface area contributed by atoms with Crippen molar-refractivity contribution in [3.63, 3.8) is 0 Å². The van der Waals surface area contributed by atoms with Crippen molar-refractivity contribution in [2.24, 2.45) is 5.41 Å². The zero-order valence-electron chi connectivity index (χ0n) is 16.5. The lowest BCUT2D eigenvalue weighted by Crippen LogP contribution is -2.38. The monoisotopic (exact) mass is 447 g/mol. The highest BCUT2D eigenvalue weighted by Crippen LogP contribution is 2.47. The Morgan fingerprint density at radius 1 is 1.36 bits per heavy atom. The molecule has 2 fully saturated rings. The molecule has 28 heavy (non-hydrogen) atoms. The maximum atomic E-state index is 12.9. The average molecular weight is 448 g/mol. The number of hydrogen-bond donors (Lipinski definition) is 1. The van der Waals surface area contributed by atoms with Crippen LogP contribution in [-0.4, -0.2) is 46.3 Å². The number of aromatic amines is 1. The van der Waals surface area contributed by atoms with Gasteiger partial charge in [0.2, 0.25) is 0 Å². The Balaban J connectivity index is 1.61. The van der Waals surface area contributed by atoms with Crippen molar-refractivity contribution in [3.05, 3.63) is 40.8 Å². The number of rotatable bonds is 2. The molecule has 150 valence electrons. The SMILES string of the molecule is CC(C)(C)OC(=O)N1CC2(CCOC2)CC1c1ncc(-c2ccc(Br)cc2)[nH]1. The van der Waals surface area contributed by atoms with Crippen molar-refractivity contribution >= 4 is 22.0 Å². The molecule has 2 aliphatic heterocycles. The molecule has 2 atom stereocenters. The Bertz CT molecular complexity index is 851. The minimum atomic E-state index is -0.532. The molecule has 3 heterocycles. The van der Waals surface area contributed by atoms with Crippen molar-refractivity contribution in [1.29, 1.82) is 0 Å². The van der Waals surface area contributed by atoms with E-state index in [9.17, 15) is 4.79 Å². The quantitative estimate of drug-likeness (QED) is 0.708. The largest absolute Gasteiger partial charge is 0.444 e. The summed E-state index contributed by atoms with van der Waals surface area (Å²) < 4.78 is 12.4. The smallest absolute Gasteiger partial charge is 0.410 e. The molecular formula is C21H26BrN3O3. The Kier molecular flexibility index (Phi) is 5.00. The van der Waals surface area contributed by atoms with E-state index in [1.807, 2.05) is 56.1 Å². The van der Waals surface area contributed by atoms with Gasteiger partial charge in [0.15, 0.2) is 0 Å². The lowest BCUT2D eigenvalue weighted by molar-refractivity contribution is 0.0201. The maximum Gasteiger partial charge on any atom is 0.410 e. The van der Waals surface area contributed by atoms with Gasteiger partial charge in [-0.3, -0.25) is 4.90 Å². The fourth-order valence-corrected chi connectivity index (χ4v) is 4.29. The average Bonchev–Trinajstić information content (AvgIpc) is 3.35. The third kappa shape index (κ3) is 3.96. The van der Waals surface area contributed by atoms with Gasteiger partial charge in [-0.2, -0.15) is 0 Å². The Morgan fingerprint density at radius 3 is 2.75 bits per heavy atom. The number of halogens is 1. The molecule has 2 unspecified atom stereocenters. The first kappa shape index (κ1) is 19.5. The molecule has 1 N–H and O–H groups in total. The van der Waals surface area contributed by atoms with Gasteiger partial charge in [0.25, 0.3) is 0 Å². The first-order valence-electron chi connectivity index (χ1n) is 9.63. The van der Waals surface area contributed by atoms with E-state index in [-0.39, 0.29) is 17.6 Å². The number of nitrogens with one attached hydrogen (secondary N) is 1. The van der Waals surface area contributed by atoms with Crippen LogP contribution >= 0.6 is 15.9 Å². The number of carbonyl (C=O) groups is 1. The summed E-state index contributed by atoms with van der Waals surface area (Å²) in [7, 11) is 0. The van der Waals surface area contributed by atoms with Gasteiger partial charge in [-0.15, -0.1) is 0 Å². The van der Waals surface area contributed by atoms with Crippen LogP contribution in [0.3, 0.4) is 0 Å². The van der Waals surface area contributed by atoms with Crippen LogP contribution in [0.15, 0.2) is 34.9 Å². The number of amides is 1. The Hall–Kier alpha value is -1.86. The summed E-state index contributed by atoms with van der Waals surface area (Å²) in [5.41, 5.74) is 1.46. The van der Waals surface area contributed by atoms with E-state index in [4.69, 9.17) is 9.47 Å². The molecule has 2 aromatic rings. The van der Waals surface area contributed by atoms with Crippen LogP contribution in [0.5, 0.6) is 0 Å². The highest BCUT2D eigenvalue weighted by atomic mass is 79.9. The minimum absolute atomic E-state index is 0.00780. The summed E-state index contributed by atoms with van der Waals surface area (Å²) in [6.45, 7) is 7.75. The molecule has 1 aromatic heterocycles. The molecule has 0 radical (unpaired) electrons. The van der Waals surface area contributed by atoms with Crippen molar-refractivity contribution < 1.29 is 14.3 Å². The summed E-state index contributed by atoms with van der Waals surface area (Å²) in [4.78, 5) is 22.8. The first-order chi connectivity index (χ1) is 13.2. The Labute approximate surface area is 173 Å². The van der Waals surface area contributed by atoms with Crippen LogP contribution in [-0.2, 0) is 9.47 Å². The van der Waals surface area contributed by atoms with Gasteiger partial charge < -0.3 is 14.5 Å². The number of carbonyl (C=O) groups excluding carboxylic acids is 1. The van der Waals surface area contributed by atoms with Crippen molar-refractivity contribution in [2.75, 3.05) is 19.8 Å². The number of H-pyrrole nitrogens is 1. The number of imidazole rings is 1. The van der Waals surface area contributed by atoms with Crippen LogP contribution in [0.2, 0.25) is 0 Å². The summed E-state index contributed by atoms with van der Waals surface area (Å²) in [5.74, 6) is 0.799. The minimum Gasteiger partial charge on any atom is -0.444 e. The highest BCUT2D eigenvalue weighted by Gasteiger charge is 2.50. The molecule has 6 nitrogen and oxygen atoms in total. The molecule has 1 aromatic carbocycles. The second-order valence-corrected chi connectivity index (χ2v) is 9.74. The fraction of sp³-hybridized carbons (Fsp3) is 0.524. The first-order valence-corrected chi connectivity index (χ1v) is 10.4. The van der Waals surface area contributed by atoms with E-state index in [1.54, 1.807) is 0 Å². The normalized spacial score (nSPS) is 24.9. The molecule has 1 amide bonds. The molecule has 0 bridgehead atoms. The summed E-state index contributed by atoms with van der Waals surface area (Å²) in [6, 6.07) is 7.94. The number of likely N-dealkylation sites (tertiary alicyclic amines) is 1. The van der Waals surface area contributed by atoms with Crippen LogP contribution < -0.4 is 0 Å². The van der Waals surface area contributed by atoms with Gasteiger partial charge in [0, 0.05) is 23.0 Å². The lowest BCUT2D eigenvalue weighted by atomic mass is 9.85. The third-order valence-corrected chi connectivity index (χ3v) is 5.92. The number of nitrogens with zero attached hydrogens (tertiary/aromatic N) is 2. The molecule has 2 saturated heterocycles. The van der Waals surface area contributed by atoms with Crippen LogP contribution in [0.1, 0.15) is 45.5 Å². The van der Waals surface area contributed by atoms with Gasteiger partial charge in [0.05, 0.1) is 24.5 Å². The zero-order valence-corrected chi connectivity index (χ0v) is 18.1. The zero-order chi connectivity index (χ0) is 19.9. The van der Waals surface area contributed by atoms with E-state index in [0.29, 0.717) is 13.2 Å². The lowest BCUT2D eigenvalue weighted by Gasteiger charge is -2.28. The molecular weight excluding hydrogens is 422 g/mol. The van der Waals surface area contributed by atoms with E-state index >= 15 is 0 Å². The molecule has 4 rings (SSSR count). The fourth-order valence-electron chi connectivity index (χ4n) is 4.03. The molecule has 7 heteroatoms. The number of hydrogen-bond acceptors (Lipinski definition) is 4. The van der Waals surface area contributed by atoms with E-state index in [0.717, 1.165) is 41.0 Å². The van der Waals surface area contributed by atoms with Crippen LogP contribution in [0, 0.1) is 5.41 Å². The van der Waals surface area contributed by atoms with Gasteiger partial charge in [-0.25, -0.2) is 9.78 Å². The number of ether oxygens (including phenoxy) is 2. The summed E-state index contributed by atoms with van der Waals surface area (Å²) >= 11 is 3.46. The third-order valence-electron chi connectivity index (χ3n) is 5.39. The van der Waals surface area contributed by atoms with Gasteiger partial charge >= 0.3 is 6.09 Å². The topological polar surface area (TPSA) is 67.4 Å². The van der Waals surface area contributed by atoms with Crippen molar-refractivity contribution in [3.8, 4) is 11.3 Å². The van der Waals surface area contributed by atoms with E-state index in [1.165, 1.54) is 0 Å². The molecule has 2 aliphatic rings. The van der Waals surface area contributed by atoms with Crippen LogP contribution in [0.4, 0.5) is 4.79 Å². The standard InChI is InChI=1S/C21H26BrN3O3/c1-20(2,3)28-19(26)25-12-21(8-9-27-13-21)10-17(25)18-23-11-16(24-18)14-4-6-15(22)7-5-14/h4-7,11,17H,8-10,12-13H2,1-3H3,(H,23,24). The van der Waals surface area contributed by atoms with E-state index in [2.05, 4.69) is 25.9 Å². The Morgan fingerprint density at radius 2 is 2.11 bits per heavy atom. The number of aromatic nitrogens is 2. The predicted octanol–water partition coefficient (Wildman–Crippen LogP) is 4.93. The second kappa shape index (κ2) is 7.19. The van der Waals surface area contributed by atoms with Crippen LogP contribution in [0.25, 0.3) is 11.3 Å². The molecule has 0 aliphatic carbocycles. The summed E-state index contributed by atoms with van der Waals surface area (Å²) in [5, 5.41) is 0. The highest BCUT2D eigenvalue weighted by molar-refractivity contribution is 9.10. The van der Waals surface area contributed by atoms with Crippen molar-refractivity contribution in [1.82, 2.24) is 14.9 Å². The number of benzene rings is 1. The summed E-state index contributed by atoms with van der Waals surface area (Å²) in [6.07, 6.45) is 3.34. The van der Waals surface area contributed by atoms with Gasteiger partial charge in [-0.05, 0) is 51.3 Å². The van der Waals surface area contributed by atoms with Crippen molar-refractivity contribution in [2.45, 2.75) is 45.3 Å². The molecule has 0 saturated carbocycles. The molecule has 1 spiro atoms. The van der Waals surface area contributed by atoms with E-state index < -0.39 is 5.60 Å². The van der Waals surface area contributed by atoms with Gasteiger partial charge in [0.1, 0.15) is 11.4 Å².